The van der Waals surface area contributed by atoms with E-state index in [1.54, 1.807) is 11.5 Å². The van der Waals surface area contributed by atoms with E-state index in [0.717, 1.165) is 24.1 Å². The highest BCUT2D eigenvalue weighted by Gasteiger charge is 2.27. The molecule has 7 nitrogen and oxygen atoms in total. The first-order valence-corrected chi connectivity index (χ1v) is 9.99. The molecule has 144 valence electrons. The summed E-state index contributed by atoms with van der Waals surface area (Å²) in [6, 6.07) is 9.63. The minimum absolute atomic E-state index is 0.206. The van der Waals surface area contributed by atoms with Gasteiger partial charge in [-0.15, -0.1) is 10.2 Å². The summed E-state index contributed by atoms with van der Waals surface area (Å²) < 4.78 is 1.63. The molecule has 1 amide bonds. The van der Waals surface area contributed by atoms with E-state index in [1.807, 2.05) is 30.3 Å². The number of fused-ring (bicyclic) bond motifs is 1. The Bertz CT molecular complexity index is 1090. The van der Waals surface area contributed by atoms with Crippen LogP contribution >= 0.6 is 11.3 Å². The molecule has 3 aromatic rings. The third-order valence-corrected chi connectivity index (χ3v) is 5.66. The van der Waals surface area contributed by atoms with Crippen LogP contribution in [0, 0.1) is 6.92 Å². The van der Waals surface area contributed by atoms with Crippen LogP contribution in [0.4, 0.5) is 5.13 Å². The Kier molecular flexibility index (Phi) is 4.95. The molecule has 2 heterocycles. The van der Waals surface area contributed by atoms with Crippen LogP contribution in [0.2, 0.25) is 0 Å². The van der Waals surface area contributed by atoms with E-state index in [9.17, 15) is 14.7 Å². The number of anilines is 1. The van der Waals surface area contributed by atoms with Crippen molar-refractivity contribution in [1.29, 1.82) is 0 Å². The van der Waals surface area contributed by atoms with Crippen LogP contribution in [0.5, 0.6) is 5.75 Å². The zero-order valence-electron chi connectivity index (χ0n) is 15.4. The van der Waals surface area contributed by atoms with Crippen molar-refractivity contribution in [1.82, 2.24) is 14.8 Å². The number of amides is 1. The van der Waals surface area contributed by atoms with E-state index < -0.39 is 11.5 Å². The highest BCUT2D eigenvalue weighted by molar-refractivity contribution is 7.15. The summed E-state index contributed by atoms with van der Waals surface area (Å²) in [5.41, 5.74) is 1.76. The van der Waals surface area contributed by atoms with Gasteiger partial charge in [0.25, 0.3) is 11.5 Å². The third kappa shape index (κ3) is 3.43. The average Bonchev–Trinajstić information content (AvgIpc) is 3.10. The van der Waals surface area contributed by atoms with Crippen molar-refractivity contribution in [3.63, 3.8) is 0 Å². The maximum Gasteiger partial charge on any atom is 0.267 e. The second-order valence-corrected chi connectivity index (χ2v) is 7.99. The Hall–Kier alpha value is -3.00. The van der Waals surface area contributed by atoms with E-state index >= 15 is 0 Å². The first-order chi connectivity index (χ1) is 13.5. The second-order valence-electron chi connectivity index (χ2n) is 6.81. The molecule has 2 aromatic heterocycles. The van der Waals surface area contributed by atoms with Gasteiger partial charge in [0.05, 0.1) is 6.54 Å². The summed E-state index contributed by atoms with van der Waals surface area (Å²) in [6.07, 6.45) is 3.23. The lowest BCUT2D eigenvalue weighted by molar-refractivity contribution is 0.102. The molecule has 2 N–H and O–H groups in total. The van der Waals surface area contributed by atoms with Crippen molar-refractivity contribution in [3.8, 4) is 5.75 Å². The molecule has 0 spiro atoms. The Morgan fingerprint density at radius 3 is 2.68 bits per heavy atom. The van der Waals surface area contributed by atoms with Gasteiger partial charge in [-0.2, -0.15) is 0 Å². The second kappa shape index (κ2) is 7.55. The van der Waals surface area contributed by atoms with E-state index in [2.05, 4.69) is 15.5 Å². The fourth-order valence-electron chi connectivity index (χ4n) is 3.60. The molecule has 1 aromatic carbocycles. The summed E-state index contributed by atoms with van der Waals surface area (Å²) in [7, 11) is 0. The van der Waals surface area contributed by atoms with Crippen LogP contribution in [-0.2, 0) is 19.4 Å². The first-order valence-electron chi connectivity index (χ1n) is 9.17. The number of nitrogens with one attached hydrogen (secondary N) is 1. The van der Waals surface area contributed by atoms with Crippen LogP contribution in [0.3, 0.4) is 0 Å². The molecule has 0 radical (unpaired) electrons. The summed E-state index contributed by atoms with van der Waals surface area (Å²) in [4.78, 5) is 26.0. The van der Waals surface area contributed by atoms with E-state index in [1.165, 1.54) is 11.3 Å². The maximum absolute atomic E-state index is 13.2. The molecule has 0 saturated heterocycles. The number of hydrogen-bond donors (Lipinski definition) is 2. The SMILES string of the molecule is Cc1nnc(NC(=O)c2c(O)c3c(n(Cc4ccccc4)c2=O)CCCC3)s1. The van der Waals surface area contributed by atoms with Gasteiger partial charge in [-0.05, 0) is 38.2 Å². The van der Waals surface area contributed by atoms with Crippen LogP contribution < -0.4 is 10.9 Å². The number of pyridine rings is 1. The summed E-state index contributed by atoms with van der Waals surface area (Å²) in [5.74, 6) is -0.864. The van der Waals surface area contributed by atoms with Gasteiger partial charge >= 0.3 is 0 Å². The zero-order valence-corrected chi connectivity index (χ0v) is 16.3. The molecule has 4 rings (SSSR count). The standard InChI is InChI=1S/C20H20N4O3S/c1-12-22-23-20(28-12)21-18(26)16-17(25)14-9-5-6-10-15(14)24(19(16)27)11-13-7-3-2-4-8-13/h2-4,7-8,25H,5-6,9-11H2,1H3,(H,21,23,26). The van der Waals surface area contributed by atoms with Gasteiger partial charge in [-0.25, -0.2) is 0 Å². The van der Waals surface area contributed by atoms with Gasteiger partial charge < -0.3 is 9.67 Å². The molecule has 0 bridgehead atoms. The maximum atomic E-state index is 13.2. The van der Waals surface area contributed by atoms with Crippen LogP contribution in [0.25, 0.3) is 0 Å². The van der Waals surface area contributed by atoms with Gasteiger partial charge in [0.15, 0.2) is 0 Å². The summed E-state index contributed by atoms with van der Waals surface area (Å²) >= 11 is 1.21. The molecular formula is C20H20N4O3S. The van der Waals surface area contributed by atoms with E-state index in [-0.39, 0.29) is 11.3 Å². The average molecular weight is 396 g/mol. The van der Waals surface area contributed by atoms with Gasteiger partial charge in [0.1, 0.15) is 16.3 Å². The van der Waals surface area contributed by atoms with Crippen molar-refractivity contribution < 1.29 is 9.90 Å². The molecule has 0 aliphatic heterocycles. The molecule has 0 atom stereocenters. The van der Waals surface area contributed by atoms with Gasteiger partial charge in [0, 0.05) is 11.3 Å². The molecule has 0 saturated carbocycles. The molecule has 0 fully saturated rings. The number of nitrogens with zero attached hydrogens (tertiary/aromatic N) is 3. The highest BCUT2D eigenvalue weighted by atomic mass is 32.1. The molecule has 0 unspecified atom stereocenters. The summed E-state index contributed by atoms with van der Waals surface area (Å²) in [5, 5.41) is 22.1. The monoisotopic (exact) mass is 396 g/mol. The van der Waals surface area contributed by atoms with Crippen molar-refractivity contribution in [2.75, 3.05) is 5.32 Å². The lowest BCUT2D eigenvalue weighted by Gasteiger charge is -2.23. The zero-order chi connectivity index (χ0) is 19.7. The summed E-state index contributed by atoms with van der Waals surface area (Å²) in [6.45, 7) is 2.14. The number of hydrogen-bond acceptors (Lipinski definition) is 6. The lowest BCUT2D eigenvalue weighted by atomic mass is 9.92. The predicted molar refractivity (Wildman–Crippen MR) is 107 cm³/mol. The van der Waals surface area contributed by atoms with Crippen molar-refractivity contribution in [2.24, 2.45) is 0 Å². The van der Waals surface area contributed by atoms with Crippen LogP contribution in [0.15, 0.2) is 35.1 Å². The normalized spacial score (nSPS) is 13.2. The lowest BCUT2D eigenvalue weighted by Crippen LogP contribution is -2.34. The fraction of sp³-hybridized carbons (Fsp3) is 0.300. The highest BCUT2D eigenvalue weighted by Crippen LogP contribution is 2.31. The molecule has 1 aliphatic rings. The van der Waals surface area contributed by atoms with E-state index in [4.69, 9.17) is 0 Å². The van der Waals surface area contributed by atoms with Gasteiger partial charge in [-0.3, -0.25) is 14.9 Å². The number of aromatic nitrogens is 3. The Morgan fingerprint density at radius 1 is 1.21 bits per heavy atom. The molecule has 1 aliphatic carbocycles. The largest absolute Gasteiger partial charge is 0.507 e. The van der Waals surface area contributed by atoms with Crippen molar-refractivity contribution in [3.05, 3.63) is 68.1 Å². The number of aromatic hydroxyl groups is 1. The van der Waals surface area contributed by atoms with Crippen LogP contribution in [0.1, 0.15) is 45.0 Å². The quantitative estimate of drug-likeness (QED) is 0.707. The molecule has 28 heavy (non-hydrogen) atoms. The molecule has 8 heteroatoms. The predicted octanol–water partition coefficient (Wildman–Crippen LogP) is 2.89. The van der Waals surface area contributed by atoms with Gasteiger partial charge in [-0.1, -0.05) is 41.7 Å². The minimum atomic E-state index is -0.658. The Balaban J connectivity index is 1.80. The number of aryl methyl sites for hydroxylation is 1. The number of carbonyl (C=O) groups excluding carboxylic acids is 1. The number of rotatable bonds is 4. The number of carbonyl (C=O) groups is 1. The van der Waals surface area contributed by atoms with Gasteiger partial charge in [0.2, 0.25) is 5.13 Å². The molecular weight excluding hydrogens is 376 g/mol. The van der Waals surface area contributed by atoms with E-state index in [0.29, 0.717) is 35.1 Å². The van der Waals surface area contributed by atoms with Crippen molar-refractivity contribution in [2.45, 2.75) is 39.2 Å². The Labute approximate surface area is 165 Å². The van der Waals surface area contributed by atoms with Crippen molar-refractivity contribution >= 4 is 22.4 Å². The topological polar surface area (TPSA) is 97.1 Å². The fourth-order valence-corrected chi connectivity index (χ4v) is 4.18. The Morgan fingerprint density at radius 2 is 1.96 bits per heavy atom. The van der Waals surface area contributed by atoms with Crippen LogP contribution in [-0.4, -0.2) is 25.8 Å². The third-order valence-electron chi connectivity index (χ3n) is 4.90. The first kappa shape index (κ1) is 18.4. The smallest absolute Gasteiger partial charge is 0.267 e. The minimum Gasteiger partial charge on any atom is -0.507 e. The number of benzene rings is 1.